The Balaban J connectivity index is 3.48. The summed E-state index contributed by atoms with van der Waals surface area (Å²) in [6.45, 7) is 11.1. The van der Waals surface area contributed by atoms with Crippen molar-refractivity contribution in [3.05, 3.63) is 0 Å². The normalized spacial score (nSPS) is 12.3. The predicted molar refractivity (Wildman–Crippen MR) is 158 cm³/mol. The van der Waals surface area contributed by atoms with Crippen LogP contribution in [0.4, 0.5) is 0 Å². The second kappa shape index (κ2) is 26.5. The number of esters is 2. The summed E-state index contributed by atoms with van der Waals surface area (Å²) in [4.78, 5) is 24.4. The SMILES string of the molecule is CCCCCCCCCCCCCCCCCCCCCCOC(=O)C(CC(=O)OCC(C)C)C(C)C. The van der Waals surface area contributed by atoms with Crippen LogP contribution < -0.4 is 0 Å². The molecule has 0 N–H and O–H groups in total. The Labute approximate surface area is 231 Å². The first-order valence-electron chi connectivity index (χ1n) is 16.2. The van der Waals surface area contributed by atoms with E-state index in [0.29, 0.717) is 19.1 Å². The molecule has 0 aliphatic heterocycles. The van der Waals surface area contributed by atoms with Crippen molar-refractivity contribution >= 4 is 11.9 Å². The van der Waals surface area contributed by atoms with Crippen LogP contribution in [-0.2, 0) is 19.1 Å². The van der Waals surface area contributed by atoms with Gasteiger partial charge in [-0.3, -0.25) is 9.59 Å². The van der Waals surface area contributed by atoms with E-state index in [1.54, 1.807) is 0 Å². The van der Waals surface area contributed by atoms with Crippen LogP contribution in [0.5, 0.6) is 0 Å². The monoisotopic (exact) mass is 524 g/mol. The van der Waals surface area contributed by atoms with Gasteiger partial charge in [0.1, 0.15) is 0 Å². The molecule has 4 nitrogen and oxygen atoms in total. The van der Waals surface area contributed by atoms with Gasteiger partial charge in [0, 0.05) is 0 Å². The van der Waals surface area contributed by atoms with Crippen LogP contribution in [0.25, 0.3) is 0 Å². The van der Waals surface area contributed by atoms with E-state index in [1.165, 1.54) is 116 Å². The van der Waals surface area contributed by atoms with Crippen molar-refractivity contribution in [2.45, 2.75) is 169 Å². The third kappa shape index (κ3) is 25.0. The molecule has 0 saturated heterocycles. The zero-order valence-electron chi connectivity index (χ0n) is 25.6. The maximum absolute atomic E-state index is 12.4. The first-order chi connectivity index (χ1) is 17.9. The summed E-state index contributed by atoms with van der Waals surface area (Å²) in [5.74, 6) is -0.608. The van der Waals surface area contributed by atoms with Gasteiger partial charge < -0.3 is 9.47 Å². The van der Waals surface area contributed by atoms with Gasteiger partial charge in [-0.25, -0.2) is 0 Å². The number of ether oxygens (including phenoxy) is 2. The van der Waals surface area contributed by atoms with Crippen LogP contribution in [0.15, 0.2) is 0 Å². The average Bonchev–Trinajstić information content (AvgIpc) is 2.86. The van der Waals surface area contributed by atoms with Crippen molar-refractivity contribution in [2.24, 2.45) is 17.8 Å². The van der Waals surface area contributed by atoms with Crippen molar-refractivity contribution in [3.63, 3.8) is 0 Å². The fraction of sp³-hybridized carbons (Fsp3) is 0.939. The summed E-state index contributed by atoms with van der Waals surface area (Å²) in [7, 11) is 0. The molecule has 0 fully saturated rings. The van der Waals surface area contributed by atoms with Crippen molar-refractivity contribution in [1.82, 2.24) is 0 Å². The lowest BCUT2D eigenvalue weighted by atomic mass is 9.92. The molecule has 0 aliphatic rings. The van der Waals surface area contributed by atoms with Gasteiger partial charge in [0.15, 0.2) is 0 Å². The highest BCUT2D eigenvalue weighted by Gasteiger charge is 2.27. The van der Waals surface area contributed by atoms with Crippen LogP contribution >= 0.6 is 0 Å². The summed E-state index contributed by atoms with van der Waals surface area (Å²) >= 11 is 0. The molecule has 0 heterocycles. The summed E-state index contributed by atoms with van der Waals surface area (Å²) in [5, 5.41) is 0. The number of unbranched alkanes of at least 4 members (excludes halogenated alkanes) is 19. The number of rotatable bonds is 27. The minimum Gasteiger partial charge on any atom is -0.465 e. The molecule has 0 spiro atoms. The molecule has 0 bridgehead atoms. The van der Waals surface area contributed by atoms with Crippen LogP contribution in [0.3, 0.4) is 0 Å². The minimum atomic E-state index is -0.412. The molecule has 1 unspecified atom stereocenters. The molecule has 0 aliphatic carbocycles. The molecular weight excluding hydrogens is 460 g/mol. The third-order valence-electron chi connectivity index (χ3n) is 7.31. The van der Waals surface area contributed by atoms with E-state index in [-0.39, 0.29) is 24.3 Å². The van der Waals surface area contributed by atoms with E-state index in [1.807, 2.05) is 27.7 Å². The van der Waals surface area contributed by atoms with Gasteiger partial charge in [-0.2, -0.15) is 0 Å². The Morgan fingerprint density at radius 1 is 0.541 bits per heavy atom. The highest BCUT2D eigenvalue weighted by molar-refractivity contribution is 5.80. The Morgan fingerprint density at radius 2 is 0.919 bits per heavy atom. The van der Waals surface area contributed by atoms with Gasteiger partial charge >= 0.3 is 11.9 Å². The van der Waals surface area contributed by atoms with E-state index in [4.69, 9.17) is 9.47 Å². The second-order valence-corrected chi connectivity index (χ2v) is 12.0. The topological polar surface area (TPSA) is 52.6 Å². The second-order valence-electron chi connectivity index (χ2n) is 12.0. The van der Waals surface area contributed by atoms with E-state index in [9.17, 15) is 9.59 Å². The summed E-state index contributed by atoms with van der Waals surface area (Å²) in [6.07, 6.45) is 27.2. The number of carbonyl (C=O) groups excluding carboxylic acids is 2. The van der Waals surface area contributed by atoms with E-state index >= 15 is 0 Å². The molecule has 0 aromatic rings. The lowest BCUT2D eigenvalue weighted by Crippen LogP contribution is -2.27. The first kappa shape index (κ1) is 35.9. The Bertz CT molecular complexity index is 514. The molecule has 0 rings (SSSR count). The van der Waals surface area contributed by atoms with Crippen molar-refractivity contribution in [1.29, 1.82) is 0 Å². The lowest BCUT2D eigenvalue weighted by molar-refractivity contribution is -0.157. The maximum atomic E-state index is 12.4. The lowest BCUT2D eigenvalue weighted by Gasteiger charge is -2.19. The first-order valence-corrected chi connectivity index (χ1v) is 16.2. The molecule has 0 aromatic carbocycles. The third-order valence-corrected chi connectivity index (χ3v) is 7.31. The smallest absolute Gasteiger partial charge is 0.309 e. The molecule has 0 aromatic heterocycles. The fourth-order valence-corrected chi connectivity index (χ4v) is 4.73. The fourth-order valence-electron chi connectivity index (χ4n) is 4.73. The predicted octanol–water partition coefficient (Wildman–Crippen LogP) is 10.2. The summed E-state index contributed by atoms with van der Waals surface area (Å²) in [6, 6.07) is 0. The molecule has 0 saturated carbocycles. The van der Waals surface area contributed by atoms with E-state index < -0.39 is 5.92 Å². The summed E-state index contributed by atoms with van der Waals surface area (Å²) in [5.41, 5.74) is 0. The quantitative estimate of drug-likeness (QED) is 0.0792. The highest BCUT2D eigenvalue weighted by Crippen LogP contribution is 2.19. The van der Waals surface area contributed by atoms with E-state index in [2.05, 4.69) is 6.92 Å². The molecule has 0 amide bonds. The Morgan fingerprint density at radius 3 is 1.27 bits per heavy atom. The molecule has 4 heteroatoms. The Kier molecular flexibility index (Phi) is 25.8. The number of carbonyl (C=O) groups is 2. The molecule has 1 atom stereocenters. The van der Waals surface area contributed by atoms with Gasteiger partial charge in [0.25, 0.3) is 0 Å². The van der Waals surface area contributed by atoms with Gasteiger partial charge in [-0.05, 0) is 18.3 Å². The van der Waals surface area contributed by atoms with Crippen LogP contribution in [0.1, 0.15) is 169 Å². The van der Waals surface area contributed by atoms with Crippen molar-refractivity contribution in [2.75, 3.05) is 13.2 Å². The largest absolute Gasteiger partial charge is 0.465 e. The van der Waals surface area contributed by atoms with Crippen LogP contribution in [-0.4, -0.2) is 25.2 Å². The van der Waals surface area contributed by atoms with Gasteiger partial charge in [0.05, 0.1) is 25.6 Å². The highest BCUT2D eigenvalue weighted by atomic mass is 16.5. The average molecular weight is 525 g/mol. The van der Waals surface area contributed by atoms with Gasteiger partial charge in [-0.15, -0.1) is 0 Å². The summed E-state index contributed by atoms with van der Waals surface area (Å²) < 4.78 is 10.7. The maximum Gasteiger partial charge on any atom is 0.309 e. The van der Waals surface area contributed by atoms with Crippen LogP contribution in [0.2, 0.25) is 0 Å². The zero-order valence-corrected chi connectivity index (χ0v) is 25.6. The Hall–Kier alpha value is -1.06. The number of hydrogen-bond acceptors (Lipinski definition) is 4. The molecule has 220 valence electrons. The van der Waals surface area contributed by atoms with E-state index in [0.717, 1.165) is 12.8 Å². The standard InChI is InChI=1S/C33H64O4/c1-6-7-8-9-10-11-12-13-14-15-16-17-18-19-20-21-22-23-24-25-26-36-33(35)31(30(4)5)27-32(34)37-28-29(2)3/h29-31H,6-28H2,1-5H3. The van der Waals surface area contributed by atoms with Crippen LogP contribution in [0, 0.1) is 17.8 Å². The number of hydrogen-bond donors (Lipinski definition) is 0. The molecule has 37 heavy (non-hydrogen) atoms. The van der Waals surface area contributed by atoms with Crippen molar-refractivity contribution in [3.8, 4) is 0 Å². The van der Waals surface area contributed by atoms with Gasteiger partial charge in [0.2, 0.25) is 0 Å². The zero-order chi connectivity index (χ0) is 27.6. The molecular formula is C33H64O4. The van der Waals surface area contributed by atoms with Crippen molar-refractivity contribution < 1.29 is 19.1 Å². The molecule has 0 radical (unpaired) electrons. The van der Waals surface area contributed by atoms with Gasteiger partial charge in [-0.1, -0.05) is 157 Å². The minimum absolute atomic E-state index is 0.0639.